The molecule has 20 heavy (non-hydrogen) atoms. The van der Waals surface area contributed by atoms with Gasteiger partial charge in [-0.25, -0.2) is 4.39 Å². The van der Waals surface area contributed by atoms with Crippen LogP contribution in [0.5, 0.6) is 11.5 Å². The lowest BCUT2D eigenvalue weighted by molar-refractivity contribution is 0.385. The summed E-state index contributed by atoms with van der Waals surface area (Å²) in [6.07, 6.45) is 0. The molecule has 106 valence electrons. The number of nitrogens with one attached hydrogen (secondary N) is 1. The van der Waals surface area contributed by atoms with E-state index in [1.54, 1.807) is 13.2 Å². The van der Waals surface area contributed by atoms with Gasteiger partial charge in [-0.15, -0.1) is 0 Å². The maximum atomic E-state index is 13.9. The molecule has 0 saturated carbocycles. The molecule has 0 fully saturated rings. The molecule has 0 bridgehead atoms. The van der Waals surface area contributed by atoms with E-state index >= 15 is 0 Å². The van der Waals surface area contributed by atoms with Crippen LogP contribution in [-0.2, 0) is 0 Å². The van der Waals surface area contributed by atoms with Gasteiger partial charge in [-0.3, -0.25) is 0 Å². The Morgan fingerprint density at radius 3 is 2.30 bits per heavy atom. The van der Waals surface area contributed by atoms with Crippen LogP contribution in [0.2, 0.25) is 0 Å². The molecule has 0 amide bonds. The summed E-state index contributed by atoms with van der Waals surface area (Å²) >= 11 is 0. The third kappa shape index (κ3) is 2.75. The summed E-state index contributed by atoms with van der Waals surface area (Å²) < 4.78 is 24.2. The molecule has 1 N–H and O–H groups in total. The van der Waals surface area contributed by atoms with Crippen molar-refractivity contribution >= 4 is 0 Å². The van der Waals surface area contributed by atoms with E-state index in [9.17, 15) is 4.39 Å². The Morgan fingerprint density at radius 1 is 1.00 bits per heavy atom. The molecule has 0 aliphatic carbocycles. The highest BCUT2D eigenvalue weighted by Gasteiger charge is 2.17. The van der Waals surface area contributed by atoms with Crippen molar-refractivity contribution in [2.45, 2.75) is 6.04 Å². The molecular weight excluding hydrogens is 257 g/mol. The van der Waals surface area contributed by atoms with Crippen LogP contribution in [0.4, 0.5) is 4.39 Å². The zero-order chi connectivity index (χ0) is 14.5. The zero-order valence-corrected chi connectivity index (χ0v) is 11.8. The summed E-state index contributed by atoms with van der Waals surface area (Å²) in [4.78, 5) is 0. The van der Waals surface area contributed by atoms with Gasteiger partial charge in [0.25, 0.3) is 0 Å². The maximum absolute atomic E-state index is 13.9. The van der Waals surface area contributed by atoms with Crippen molar-refractivity contribution in [3.8, 4) is 11.5 Å². The summed E-state index contributed by atoms with van der Waals surface area (Å²) in [7, 11) is 4.91. The Labute approximate surface area is 118 Å². The van der Waals surface area contributed by atoms with Gasteiger partial charge in [0.2, 0.25) is 0 Å². The van der Waals surface area contributed by atoms with Gasteiger partial charge < -0.3 is 14.8 Å². The summed E-state index contributed by atoms with van der Waals surface area (Å²) in [5, 5.41) is 3.19. The lowest BCUT2D eigenvalue weighted by Crippen LogP contribution is -2.18. The van der Waals surface area contributed by atoms with Crippen LogP contribution in [0.25, 0.3) is 0 Å². The first-order chi connectivity index (χ1) is 9.71. The second-order valence-corrected chi connectivity index (χ2v) is 4.36. The summed E-state index contributed by atoms with van der Waals surface area (Å²) in [6.45, 7) is 0. The van der Waals surface area contributed by atoms with E-state index in [0.717, 1.165) is 16.9 Å². The second-order valence-electron chi connectivity index (χ2n) is 4.36. The van der Waals surface area contributed by atoms with E-state index in [1.165, 1.54) is 13.2 Å². The Bertz CT molecular complexity index is 586. The molecule has 2 aromatic rings. The number of rotatable bonds is 5. The van der Waals surface area contributed by atoms with E-state index in [1.807, 2.05) is 37.4 Å². The number of ether oxygens (including phenoxy) is 2. The summed E-state index contributed by atoms with van der Waals surface area (Å²) in [5.74, 6) is 0.631. The summed E-state index contributed by atoms with van der Waals surface area (Å²) in [5.41, 5.74) is 1.78. The van der Waals surface area contributed by atoms with Gasteiger partial charge in [0.05, 0.1) is 20.3 Å². The second kappa shape index (κ2) is 6.39. The molecule has 4 heteroatoms. The third-order valence-corrected chi connectivity index (χ3v) is 3.25. The van der Waals surface area contributed by atoms with Crippen molar-refractivity contribution in [2.24, 2.45) is 0 Å². The van der Waals surface area contributed by atoms with Gasteiger partial charge in [0, 0.05) is 5.56 Å². The van der Waals surface area contributed by atoms with Gasteiger partial charge in [-0.1, -0.05) is 24.3 Å². The minimum atomic E-state index is -0.375. The van der Waals surface area contributed by atoms with Crippen LogP contribution in [0.3, 0.4) is 0 Å². The number of hydrogen-bond donors (Lipinski definition) is 1. The van der Waals surface area contributed by atoms with Crippen molar-refractivity contribution in [3.05, 3.63) is 59.4 Å². The highest BCUT2D eigenvalue weighted by Crippen LogP contribution is 2.31. The molecule has 1 atom stereocenters. The van der Waals surface area contributed by atoms with Crippen LogP contribution >= 0.6 is 0 Å². The minimum absolute atomic E-state index is 0.147. The molecule has 0 aliphatic heterocycles. The van der Waals surface area contributed by atoms with Gasteiger partial charge in [-0.05, 0) is 30.8 Å². The fourth-order valence-electron chi connectivity index (χ4n) is 2.27. The van der Waals surface area contributed by atoms with E-state index < -0.39 is 0 Å². The number of hydrogen-bond acceptors (Lipinski definition) is 3. The highest BCUT2D eigenvalue weighted by molar-refractivity contribution is 5.43. The van der Waals surface area contributed by atoms with Crippen molar-refractivity contribution in [1.29, 1.82) is 0 Å². The normalized spacial score (nSPS) is 12.0. The van der Waals surface area contributed by atoms with Gasteiger partial charge in [-0.2, -0.15) is 0 Å². The Morgan fingerprint density at radius 2 is 1.70 bits per heavy atom. The molecule has 0 aliphatic rings. The standard InChI is InChI=1S/C16H18FNO2/c1-18-16(12-6-4-5-7-14(12)19-2)11-8-9-15(20-3)13(17)10-11/h4-10,16,18H,1-3H3. The quantitative estimate of drug-likeness (QED) is 0.909. The van der Waals surface area contributed by atoms with Gasteiger partial charge in [0.1, 0.15) is 5.75 Å². The SMILES string of the molecule is CNC(c1ccc(OC)c(F)c1)c1ccccc1OC. The van der Waals surface area contributed by atoms with Gasteiger partial charge >= 0.3 is 0 Å². The molecule has 0 heterocycles. The molecule has 1 unspecified atom stereocenters. The van der Waals surface area contributed by atoms with Crippen LogP contribution < -0.4 is 14.8 Å². The van der Waals surface area contributed by atoms with Crippen molar-refractivity contribution in [1.82, 2.24) is 5.32 Å². The molecule has 0 saturated heterocycles. The number of benzene rings is 2. The van der Waals surface area contributed by atoms with Crippen LogP contribution in [-0.4, -0.2) is 21.3 Å². The molecular formula is C16H18FNO2. The average molecular weight is 275 g/mol. The molecule has 0 radical (unpaired) electrons. The topological polar surface area (TPSA) is 30.5 Å². The first-order valence-electron chi connectivity index (χ1n) is 6.35. The van der Waals surface area contributed by atoms with Crippen molar-refractivity contribution in [2.75, 3.05) is 21.3 Å². The monoisotopic (exact) mass is 275 g/mol. The molecule has 0 aromatic heterocycles. The first-order valence-corrected chi connectivity index (χ1v) is 6.35. The smallest absolute Gasteiger partial charge is 0.165 e. The van der Waals surface area contributed by atoms with Gasteiger partial charge in [0.15, 0.2) is 11.6 Å². The molecule has 2 aromatic carbocycles. The molecule has 3 nitrogen and oxygen atoms in total. The number of halogens is 1. The first kappa shape index (κ1) is 14.3. The maximum Gasteiger partial charge on any atom is 0.165 e. The molecule has 0 spiro atoms. The fourth-order valence-corrected chi connectivity index (χ4v) is 2.27. The zero-order valence-electron chi connectivity index (χ0n) is 11.8. The highest BCUT2D eigenvalue weighted by atomic mass is 19.1. The fraction of sp³-hybridized carbons (Fsp3) is 0.250. The average Bonchev–Trinajstić information content (AvgIpc) is 2.49. The molecule has 2 rings (SSSR count). The number of para-hydroxylation sites is 1. The van der Waals surface area contributed by atoms with E-state index in [2.05, 4.69) is 5.32 Å². The van der Waals surface area contributed by atoms with Crippen LogP contribution in [0.15, 0.2) is 42.5 Å². The Hall–Kier alpha value is -2.07. The summed E-state index contributed by atoms with van der Waals surface area (Å²) in [6, 6.07) is 12.5. The third-order valence-electron chi connectivity index (χ3n) is 3.25. The predicted molar refractivity (Wildman–Crippen MR) is 76.8 cm³/mol. The predicted octanol–water partition coefficient (Wildman–Crippen LogP) is 3.15. The lowest BCUT2D eigenvalue weighted by Gasteiger charge is -2.20. The van der Waals surface area contributed by atoms with Crippen molar-refractivity contribution < 1.29 is 13.9 Å². The van der Waals surface area contributed by atoms with E-state index in [4.69, 9.17) is 9.47 Å². The van der Waals surface area contributed by atoms with Crippen LogP contribution in [0, 0.1) is 5.82 Å². The minimum Gasteiger partial charge on any atom is -0.496 e. The Kier molecular flexibility index (Phi) is 4.58. The Balaban J connectivity index is 2.44. The van der Waals surface area contributed by atoms with Crippen LogP contribution in [0.1, 0.15) is 17.2 Å². The van der Waals surface area contributed by atoms with Crippen molar-refractivity contribution in [3.63, 3.8) is 0 Å². The van der Waals surface area contributed by atoms with E-state index in [-0.39, 0.29) is 17.6 Å². The lowest BCUT2D eigenvalue weighted by atomic mass is 9.97. The van der Waals surface area contributed by atoms with E-state index in [0.29, 0.717) is 0 Å². The largest absolute Gasteiger partial charge is 0.496 e. The number of methoxy groups -OCH3 is 2.